The van der Waals surface area contributed by atoms with Gasteiger partial charge in [-0.05, 0) is 258 Å². The number of fused-ring (bicyclic) bond motifs is 12. The number of unbranched alkanes of at least 4 members (excludes halogenated alkanes) is 20. The van der Waals surface area contributed by atoms with Crippen molar-refractivity contribution in [2.24, 2.45) is 0 Å². The van der Waals surface area contributed by atoms with Crippen LogP contribution in [0, 0.1) is 0 Å². The molecule has 2 aliphatic carbocycles. The lowest BCUT2D eigenvalue weighted by Crippen LogP contribution is -2.25. The number of rotatable bonds is 30. The van der Waals surface area contributed by atoms with Gasteiger partial charge in [0.25, 0.3) is 0 Å². The Bertz CT molecular complexity index is 5260. The van der Waals surface area contributed by atoms with E-state index in [2.05, 4.69) is 210 Å². The third-order valence-corrected chi connectivity index (χ3v) is 26.3. The quantitative estimate of drug-likeness (QED) is 0.0239. The second-order valence-corrected chi connectivity index (χ2v) is 31.9. The Morgan fingerprint density at radius 2 is 0.420 bits per heavy atom. The molecular formula is C100H98. The second-order valence-electron chi connectivity index (χ2n) is 31.9. The summed E-state index contributed by atoms with van der Waals surface area (Å²) in [6, 6.07) is 74.9. The third-order valence-electron chi connectivity index (χ3n) is 26.3. The highest BCUT2D eigenvalue weighted by molar-refractivity contribution is 6.61. The Kier molecular flexibility index (Phi) is 15.7. The molecule has 19 rings (SSSR count). The molecule has 0 radical (unpaired) electrons. The van der Waals surface area contributed by atoms with Gasteiger partial charge in [-0.2, -0.15) is 0 Å². The molecule has 0 aliphatic heterocycles. The molecule has 0 amide bonds. The van der Waals surface area contributed by atoms with E-state index in [4.69, 9.17) is 0 Å². The van der Waals surface area contributed by atoms with E-state index in [1.807, 2.05) is 0 Å². The first-order valence-corrected chi connectivity index (χ1v) is 40.2. The Morgan fingerprint density at radius 3 is 0.710 bits per heavy atom. The molecule has 498 valence electrons. The van der Waals surface area contributed by atoms with Crippen molar-refractivity contribution in [2.45, 2.75) is 218 Å². The maximum Gasteiger partial charge on any atom is 0.0215 e. The van der Waals surface area contributed by atoms with Crippen LogP contribution in [0.2, 0.25) is 0 Å². The molecule has 0 saturated heterocycles. The first-order valence-electron chi connectivity index (χ1n) is 40.2. The second kappa shape index (κ2) is 25.2. The van der Waals surface area contributed by atoms with Crippen molar-refractivity contribution in [3.63, 3.8) is 0 Å². The minimum atomic E-state index is 0.00500. The van der Waals surface area contributed by atoms with E-state index in [1.54, 1.807) is 22.3 Å². The van der Waals surface area contributed by atoms with Gasteiger partial charge in [0.1, 0.15) is 0 Å². The van der Waals surface area contributed by atoms with Crippen molar-refractivity contribution in [3.8, 4) is 44.5 Å². The van der Waals surface area contributed by atoms with Crippen LogP contribution in [0.15, 0.2) is 182 Å². The molecule has 0 fully saturated rings. The fourth-order valence-electron chi connectivity index (χ4n) is 21.8. The van der Waals surface area contributed by atoms with Crippen LogP contribution in [-0.4, -0.2) is 0 Å². The average molecular weight is 1300 g/mol. The predicted molar refractivity (Wildman–Crippen MR) is 439 cm³/mol. The van der Waals surface area contributed by atoms with Crippen molar-refractivity contribution < 1.29 is 0 Å². The lowest BCUT2D eigenvalue weighted by Gasteiger charge is -2.33. The van der Waals surface area contributed by atoms with Crippen LogP contribution in [-0.2, 0) is 10.8 Å². The molecule has 0 heteroatoms. The van der Waals surface area contributed by atoms with Gasteiger partial charge in [0.15, 0.2) is 0 Å². The molecule has 0 heterocycles. The highest BCUT2D eigenvalue weighted by Gasteiger charge is 2.44. The van der Waals surface area contributed by atoms with Gasteiger partial charge in [0, 0.05) is 10.8 Å². The first kappa shape index (κ1) is 62.4. The first-order chi connectivity index (χ1) is 49.5. The zero-order valence-electron chi connectivity index (χ0n) is 60.1. The lowest BCUT2D eigenvalue weighted by molar-refractivity contribution is 0.398. The minimum Gasteiger partial charge on any atom is -0.0654 e. The Hall–Kier alpha value is -8.58. The lowest BCUT2D eigenvalue weighted by atomic mass is 9.70. The molecule has 0 unspecified atom stereocenters. The summed E-state index contributed by atoms with van der Waals surface area (Å²) in [5, 5.41) is 34.1. The van der Waals surface area contributed by atoms with E-state index in [0.717, 1.165) is 0 Å². The number of benzene rings is 17. The van der Waals surface area contributed by atoms with E-state index >= 15 is 0 Å². The summed E-state index contributed by atoms with van der Waals surface area (Å²) in [7, 11) is 0. The van der Waals surface area contributed by atoms with Gasteiger partial charge < -0.3 is 0 Å². The van der Waals surface area contributed by atoms with Gasteiger partial charge in [-0.15, -0.1) is 0 Å². The van der Waals surface area contributed by atoms with E-state index < -0.39 is 0 Å². The van der Waals surface area contributed by atoms with Crippen LogP contribution in [0.4, 0.5) is 0 Å². The van der Waals surface area contributed by atoms with E-state index in [0.29, 0.717) is 0 Å². The van der Waals surface area contributed by atoms with E-state index in [-0.39, 0.29) is 10.8 Å². The molecule has 17 aromatic rings. The maximum absolute atomic E-state index is 2.71. The van der Waals surface area contributed by atoms with Gasteiger partial charge in [-0.25, -0.2) is 0 Å². The SMILES string of the molecule is CCCCCCCCC1(CCCCCCCC)c2ccccc2-c2ccc(-c3cc4c5cccc6c7cccc8c9cc(-c%10ccc%11c(c%10)C(CCCCCCCC)(CCCCCCCC)c%10ccccc%10-%11)cc%10c%11cccc%12c%13cccc%14c(c3)c4c3c(c65)c(c78)c(c9%10)c(c%12%11)c3c%13%14)cc21. The van der Waals surface area contributed by atoms with E-state index in [9.17, 15) is 0 Å². The Balaban J connectivity index is 0.833. The van der Waals surface area contributed by atoms with Crippen LogP contribution in [0.1, 0.15) is 230 Å². The molecule has 0 nitrogen and oxygen atoms in total. The largest absolute Gasteiger partial charge is 0.0654 e. The van der Waals surface area contributed by atoms with Gasteiger partial charge in [-0.3, -0.25) is 0 Å². The van der Waals surface area contributed by atoms with Crippen molar-refractivity contribution >= 4 is 129 Å². The molecule has 0 N–H and O–H groups in total. The summed E-state index contributed by atoms with van der Waals surface area (Å²) < 4.78 is 0. The normalized spacial score (nSPS) is 14.3. The summed E-state index contributed by atoms with van der Waals surface area (Å²) in [5.74, 6) is 0. The zero-order chi connectivity index (χ0) is 66.8. The van der Waals surface area contributed by atoms with Crippen LogP contribution < -0.4 is 0 Å². The molecule has 0 atom stereocenters. The van der Waals surface area contributed by atoms with Gasteiger partial charge in [0.05, 0.1) is 0 Å². The third kappa shape index (κ3) is 9.22. The van der Waals surface area contributed by atoms with Crippen molar-refractivity contribution in [2.75, 3.05) is 0 Å². The topological polar surface area (TPSA) is 0 Å². The van der Waals surface area contributed by atoms with Crippen LogP contribution in [0.3, 0.4) is 0 Å². The summed E-state index contributed by atoms with van der Waals surface area (Å²) >= 11 is 0. The summed E-state index contributed by atoms with van der Waals surface area (Å²) in [5.41, 5.74) is 17.6. The van der Waals surface area contributed by atoms with E-state index in [1.165, 1.54) is 354 Å². The smallest absolute Gasteiger partial charge is 0.0215 e. The van der Waals surface area contributed by atoms with Crippen LogP contribution >= 0.6 is 0 Å². The average Bonchev–Trinajstić information content (AvgIpc) is 0.847. The standard InChI is InChI=1S/C100H98/c1-5-9-13-17-21-29-53-99(54-30-22-18-14-10-6-2)83-47-27-25-37-67(83)69-51-49-63(61-85(69)99)65-57-79-75-43-33-39-71-73-41-35-45-77-81-59-66(64-50-52-70-68-38-26-28-48-84(68)100(86(70)62-64,55-31-23-19-15-11-7-3)56-32-24-20-16-12-8-4)60-82-78-46-36-42-74-72-40-34-44-76-80(58-65)91(79)97-93(87(71)75)95(89(73)77)98(92(81)82)96(90(74)78)94(97)88(72)76/h25-28,33-52,57-62H,5-24,29-32,53-56H2,1-4H3. The van der Waals surface area contributed by atoms with Crippen molar-refractivity contribution in [1.82, 2.24) is 0 Å². The molecular weight excluding hydrogens is 1200 g/mol. The predicted octanol–water partition coefficient (Wildman–Crippen LogP) is 31.0. The molecule has 100 heavy (non-hydrogen) atoms. The van der Waals surface area contributed by atoms with Crippen molar-refractivity contribution in [3.05, 3.63) is 204 Å². The molecule has 0 bridgehead atoms. The molecule has 0 saturated carbocycles. The molecule has 0 aromatic heterocycles. The van der Waals surface area contributed by atoms with Gasteiger partial charge in [0.2, 0.25) is 0 Å². The van der Waals surface area contributed by atoms with Crippen molar-refractivity contribution in [1.29, 1.82) is 0 Å². The number of hydrogen-bond donors (Lipinski definition) is 0. The number of hydrogen-bond acceptors (Lipinski definition) is 0. The Morgan fingerprint density at radius 1 is 0.180 bits per heavy atom. The fraction of sp³-hybridized carbons (Fsp3) is 0.340. The highest BCUT2D eigenvalue weighted by atomic mass is 14.5. The van der Waals surface area contributed by atoms with Crippen LogP contribution in [0.5, 0.6) is 0 Å². The molecule has 0 spiro atoms. The highest BCUT2D eigenvalue weighted by Crippen LogP contribution is 2.63. The zero-order valence-corrected chi connectivity index (χ0v) is 60.1. The fourth-order valence-corrected chi connectivity index (χ4v) is 21.8. The Labute approximate surface area is 592 Å². The monoisotopic (exact) mass is 1300 g/mol. The summed E-state index contributed by atoms with van der Waals surface area (Å²) in [4.78, 5) is 0. The van der Waals surface area contributed by atoms with Gasteiger partial charge in [-0.1, -0.05) is 327 Å². The molecule has 17 aromatic carbocycles. The maximum atomic E-state index is 2.71. The van der Waals surface area contributed by atoms with Gasteiger partial charge >= 0.3 is 0 Å². The van der Waals surface area contributed by atoms with Crippen LogP contribution in [0.25, 0.3) is 174 Å². The molecule has 2 aliphatic rings. The minimum absolute atomic E-state index is 0.00500. The summed E-state index contributed by atoms with van der Waals surface area (Å²) in [6.07, 6.45) is 36.6. The summed E-state index contributed by atoms with van der Waals surface area (Å²) in [6.45, 7) is 9.39.